The Kier molecular flexibility index (Phi) is 4.79. The van der Waals surface area contributed by atoms with Gasteiger partial charge in [0.25, 0.3) is 0 Å². The van der Waals surface area contributed by atoms with Crippen molar-refractivity contribution in [2.75, 3.05) is 20.1 Å². The van der Waals surface area contributed by atoms with E-state index in [4.69, 9.17) is 5.73 Å². The summed E-state index contributed by atoms with van der Waals surface area (Å²) < 4.78 is 0. The maximum absolute atomic E-state index is 5.99. The molecule has 0 saturated heterocycles. The SMILES string of the molecule is Cc1cccc(C(CN)N(C)CC2CCCC2)c1. The minimum Gasteiger partial charge on any atom is -0.329 e. The van der Waals surface area contributed by atoms with Crippen LogP contribution >= 0.6 is 0 Å². The first kappa shape index (κ1) is 13.6. The van der Waals surface area contributed by atoms with Gasteiger partial charge in [0.1, 0.15) is 0 Å². The molecule has 1 aliphatic carbocycles. The van der Waals surface area contributed by atoms with E-state index in [1.807, 2.05) is 0 Å². The van der Waals surface area contributed by atoms with Gasteiger partial charge in [0, 0.05) is 19.1 Å². The molecule has 1 aliphatic rings. The molecule has 1 aromatic rings. The number of likely N-dealkylation sites (N-methyl/N-ethyl adjacent to an activating group) is 1. The zero-order chi connectivity index (χ0) is 13.0. The van der Waals surface area contributed by atoms with Crippen molar-refractivity contribution in [2.45, 2.75) is 38.6 Å². The predicted molar refractivity (Wildman–Crippen MR) is 77.6 cm³/mol. The van der Waals surface area contributed by atoms with Gasteiger partial charge < -0.3 is 5.73 Å². The standard InChI is InChI=1S/C16H26N2/c1-13-6-5-9-15(10-13)16(11-17)18(2)12-14-7-3-4-8-14/h5-6,9-10,14,16H,3-4,7-8,11-12,17H2,1-2H3. The first-order valence-corrected chi connectivity index (χ1v) is 7.17. The van der Waals surface area contributed by atoms with Gasteiger partial charge in [-0.15, -0.1) is 0 Å². The van der Waals surface area contributed by atoms with Gasteiger partial charge in [-0.05, 0) is 38.3 Å². The summed E-state index contributed by atoms with van der Waals surface area (Å²) in [6.07, 6.45) is 5.62. The fourth-order valence-corrected chi connectivity index (χ4v) is 3.18. The molecular formula is C16H26N2. The van der Waals surface area contributed by atoms with Crippen LogP contribution in [0.4, 0.5) is 0 Å². The van der Waals surface area contributed by atoms with Crippen molar-refractivity contribution in [2.24, 2.45) is 11.7 Å². The lowest BCUT2D eigenvalue weighted by molar-refractivity contribution is 0.212. The number of benzene rings is 1. The van der Waals surface area contributed by atoms with Crippen LogP contribution in [0.5, 0.6) is 0 Å². The molecule has 1 aromatic carbocycles. The Labute approximate surface area is 111 Å². The molecule has 1 atom stereocenters. The van der Waals surface area contributed by atoms with Gasteiger partial charge in [-0.1, -0.05) is 42.7 Å². The van der Waals surface area contributed by atoms with Crippen molar-refractivity contribution in [3.8, 4) is 0 Å². The molecule has 0 radical (unpaired) electrons. The predicted octanol–water partition coefficient (Wildman–Crippen LogP) is 3.12. The molecule has 2 N–H and O–H groups in total. The lowest BCUT2D eigenvalue weighted by atomic mass is 10.0. The zero-order valence-corrected chi connectivity index (χ0v) is 11.7. The molecule has 0 bridgehead atoms. The maximum atomic E-state index is 5.99. The Morgan fingerprint density at radius 2 is 2.06 bits per heavy atom. The van der Waals surface area contributed by atoms with Crippen LogP contribution in [0.25, 0.3) is 0 Å². The van der Waals surface area contributed by atoms with E-state index >= 15 is 0 Å². The number of rotatable bonds is 5. The van der Waals surface area contributed by atoms with Crippen molar-refractivity contribution in [3.05, 3.63) is 35.4 Å². The summed E-state index contributed by atoms with van der Waals surface area (Å²) in [4.78, 5) is 2.45. The Hall–Kier alpha value is -0.860. The highest BCUT2D eigenvalue weighted by molar-refractivity contribution is 5.25. The Balaban J connectivity index is 2.02. The molecule has 2 heteroatoms. The lowest BCUT2D eigenvalue weighted by Gasteiger charge is -2.29. The van der Waals surface area contributed by atoms with E-state index in [0.717, 1.165) is 5.92 Å². The van der Waals surface area contributed by atoms with Crippen LogP contribution in [0.1, 0.15) is 42.9 Å². The molecule has 0 spiro atoms. The topological polar surface area (TPSA) is 29.3 Å². The van der Waals surface area contributed by atoms with Gasteiger partial charge in [-0.2, -0.15) is 0 Å². The highest BCUT2D eigenvalue weighted by Gasteiger charge is 2.21. The van der Waals surface area contributed by atoms with Crippen LogP contribution < -0.4 is 5.73 Å². The third-order valence-electron chi connectivity index (χ3n) is 4.20. The smallest absolute Gasteiger partial charge is 0.0467 e. The molecule has 0 heterocycles. The molecule has 18 heavy (non-hydrogen) atoms. The summed E-state index contributed by atoms with van der Waals surface area (Å²) >= 11 is 0. The molecule has 2 rings (SSSR count). The van der Waals surface area contributed by atoms with Crippen molar-refractivity contribution in [1.82, 2.24) is 4.90 Å². The second kappa shape index (κ2) is 6.35. The lowest BCUT2D eigenvalue weighted by Crippen LogP contribution is -2.33. The number of nitrogens with two attached hydrogens (primary N) is 1. The van der Waals surface area contributed by atoms with E-state index in [1.165, 1.54) is 43.4 Å². The summed E-state index contributed by atoms with van der Waals surface area (Å²) in [5, 5.41) is 0. The Morgan fingerprint density at radius 1 is 1.33 bits per heavy atom. The first-order chi connectivity index (χ1) is 8.70. The molecule has 0 amide bonds. The normalized spacial score (nSPS) is 18.4. The van der Waals surface area contributed by atoms with Crippen LogP contribution in [-0.2, 0) is 0 Å². The fourth-order valence-electron chi connectivity index (χ4n) is 3.18. The second-order valence-corrected chi connectivity index (χ2v) is 5.76. The van der Waals surface area contributed by atoms with Crippen molar-refractivity contribution in [1.29, 1.82) is 0 Å². The third kappa shape index (κ3) is 3.33. The second-order valence-electron chi connectivity index (χ2n) is 5.76. The molecule has 0 aromatic heterocycles. The van der Waals surface area contributed by atoms with E-state index in [-0.39, 0.29) is 0 Å². The largest absolute Gasteiger partial charge is 0.329 e. The third-order valence-corrected chi connectivity index (χ3v) is 4.20. The highest BCUT2D eigenvalue weighted by atomic mass is 15.1. The van der Waals surface area contributed by atoms with Crippen LogP contribution in [0, 0.1) is 12.8 Å². The summed E-state index contributed by atoms with van der Waals surface area (Å²) in [6.45, 7) is 4.04. The molecule has 1 fully saturated rings. The average Bonchev–Trinajstić information content (AvgIpc) is 2.83. The molecular weight excluding hydrogens is 220 g/mol. The highest BCUT2D eigenvalue weighted by Crippen LogP contribution is 2.28. The van der Waals surface area contributed by atoms with Crippen molar-refractivity contribution < 1.29 is 0 Å². The van der Waals surface area contributed by atoms with Crippen molar-refractivity contribution in [3.63, 3.8) is 0 Å². The van der Waals surface area contributed by atoms with E-state index in [0.29, 0.717) is 12.6 Å². The van der Waals surface area contributed by atoms with Gasteiger partial charge in [0.15, 0.2) is 0 Å². The molecule has 2 nitrogen and oxygen atoms in total. The van der Waals surface area contributed by atoms with Crippen LogP contribution in [0.3, 0.4) is 0 Å². The summed E-state index contributed by atoms with van der Waals surface area (Å²) in [7, 11) is 2.22. The van der Waals surface area contributed by atoms with Crippen LogP contribution in [0.15, 0.2) is 24.3 Å². The number of hydrogen-bond acceptors (Lipinski definition) is 2. The first-order valence-electron chi connectivity index (χ1n) is 7.17. The molecule has 100 valence electrons. The van der Waals surface area contributed by atoms with Gasteiger partial charge in [-0.3, -0.25) is 4.90 Å². The van der Waals surface area contributed by atoms with Crippen LogP contribution in [-0.4, -0.2) is 25.0 Å². The van der Waals surface area contributed by atoms with Gasteiger partial charge in [0.2, 0.25) is 0 Å². The molecule has 1 saturated carbocycles. The van der Waals surface area contributed by atoms with Gasteiger partial charge in [-0.25, -0.2) is 0 Å². The number of hydrogen-bond donors (Lipinski definition) is 1. The minimum atomic E-state index is 0.366. The summed E-state index contributed by atoms with van der Waals surface area (Å²) in [6, 6.07) is 9.12. The number of aryl methyl sites for hydroxylation is 1. The van der Waals surface area contributed by atoms with Crippen LogP contribution in [0.2, 0.25) is 0 Å². The van der Waals surface area contributed by atoms with Gasteiger partial charge >= 0.3 is 0 Å². The monoisotopic (exact) mass is 246 g/mol. The van der Waals surface area contributed by atoms with Gasteiger partial charge in [0.05, 0.1) is 0 Å². The number of nitrogens with zero attached hydrogens (tertiary/aromatic N) is 1. The molecule has 0 aliphatic heterocycles. The maximum Gasteiger partial charge on any atom is 0.0467 e. The fraction of sp³-hybridized carbons (Fsp3) is 0.625. The van der Waals surface area contributed by atoms with E-state index < -0.39 is 0 Å². The van der Waals surface area contributed by atoms with E-state index in [9.17, 15) is 0 Å². The summed E-state index contributed by atoms with van der Waals surface area (Å²) in [5.41, 5.74) is 8.67. The molecule has 1 unspecified atom stereocenters. The average molecular weight is 246 g/mol. The van der Waals surface area contributed by atoms with E-state index in [1.54, 1.807) is 0 Å². The Morgan fingerprint density at radius 3 is 2.67 bits per heavy atom. The van der Waals surface area contributed by atoms with E-state index in [2.05, 4.69) is 43.1 Å². The zero-order valence-electron chi connectivity index (χ0n) is 11.7. The minimum absolute atomic E-state index is 0.366. The summed E-state index contributed by atoms with van der Waals surface area (Å²) in [5.74, 6) is 0.883. The van der Waals surface area contributed by atoms with Crippen molar-refractivity contribution >= 4 is 0 Å². The quantitative estimate of drug-likeness (QED) is 0.865. The Bertz CT molecular complexity index is 369.